The van der Waals surface area contributed by atoms with E-state index >= 15 is 0 Å². The van der Waals surface area contributed by atoms with Crippen LogP contribution in [0.1, 0.15) is 18.1 Å². The summed E-state index contributed by atoms with van der Waals surface area (Å²) in [5, 5.41) is 8.01. The highest BCUT2D eigenvalue weighted by Gasteiger charge is 2.17. The standard InChI is InChI=1S/C24H26N4O4S/c1-5-15-6-8-18(29-3)21(10-15)33-28-24-23-19(30-4)11-17(12-20(23)32-27-24)31-22-9-7-16(13-25-2)14-26-22/h6-12,14,25H,5,13H2,1-4H3,(H,27,28). The average molecular weight is 467 g/mol. The van der Waals surface area contributed by atoms with Crippen molar-refractivity contribution in [3.05, 3.63) is 59.8 Å². The first-order chi connectivity index (χ1) is 16.1. The first-order valence-corrected chi connectivity index (χ1v) is 11.3. The Hall–Kier alpha value is -3.43. The molecule has 0 radical (unpaired) electrons. The maximum absolute atomic E-state index is 5.92. The molecule has 0 bridgehead atoms. The van der Waals surface area contributed by atoms with Crippen molar-refractivity contribution >= 4 is 28.7 Å². The Kier molecular flexibility index (Phi) is 7.21. The summed E-state index contributed by atoms with van der Waals surface area (Å²) in [6.07, 6.45) is 2.71. The molecule has 8 nitrogen and oxygen atoms in total. The molecule has 172 valence electrons. The number of nitrogens with zero attached hydrogens (tertiary/aromatic N) is 2. The third-order valence-corrected chi connectivity index (χ3v) is 5.86. The van der Waals surface area contributed by atoms with Gasteiger partial charge in [-0.25, -0.2) is 4.98 Å². The monoisotopic (exact) mass is 466 g/mol. The molecule has 2 aromatic heterocycles. The first kappa shape index (κ1) is 22.8. The summed E-state index contributed by atoms with van der Waals surface area (Å²) < 4.78 is 25.8. The van der Waals surface area contributed by atoms with Crippen molar-refractivity contribution in [1.82, 2.24) is 15.5 Å². The molecule has 0 aliphatic rings. The van der Waals surface area contributed by atoms with Gasteiger partial charge in [-0.3, -0.25) is 0 Å². The fourth-order valence-electron chi connectivity index (χ4n) is 3.33. The Morgan fingerprint density at radius 3 is 2.52 bits per heavy atom. The number of nitrogens with one attached hydrogen (secondary N) is 2. The fourth-order valence-corrected chi connectivity index (χ4v) is 4.13. The van der Waals surface area contributed by atoms with Gasteiger partial charge in [0, 0.05) is 30.9 Å². The van der Waals surface area contributed by atoms with Crippen LogP contribution >= 0.6 is 11.9 Å². The van der Waals surface area contributed by atoms with E-state index < -0.39 is 0 Å². The van der Waals surface area contributed by atoms with Crippen molar-refractivity contribution in [2.75, 3.05) is 26.0 Å². The zero-order valence-corrected chi connectivity index (χ0v) is 19.8. The zero-order chi connectivity index (χ0) is 23.2. The van der Waals surface area contributed by atoms with Gasteiger partial charge in [0.1, 0.15) is 22.6 Å². The van der Waals surface area contributed by atoms with Crippen LogP contribution < -0.4 is 24.2 Å². The molecule has 2 aromatic carbocycles. The van der Waals surface area contributed by atoms with Crippen LogP contribution in [0.5, 0.6) is 23.1 Å². The van der Waals surface area contributed by atoms with Gasteiger partial charge in [0.25, 0.3) is 0 Å². The van der Waals surface area contributed by atoms with Gasteiger partial charge in [0.15, 0.2) is 11.4 Å². The number of hydrogen-bond donors (Lipinski definition) is 2. The lowest BCUT2D eigenvalue weighted by Gasteiger charge is -2.11. The Labute approximate surface area is 196 Å². The van der Waals surface area contributed by atoms with Gasteiger partial charge in [-0.15, -0.1) is 0 Å². The lowest BCUT2D eigenvalue weighted by molar-refractivity contribution is 0.404. The zero-order valence-electron chi connectivity index (χ0n) is 19.0. The Morgan fingerprint density at radius 1 is 1.00 bits per heavy atom. The molecule has 0 saturated heterocycles. The van der Waals surface area contributed by atoms with Crippen molar-refractivity contribution in [1.29, 1.82) is 0 Å². The Morgan fingerprint density at radius 2 is 1.82 bits per heavy atom. The average Bonchev–Trinajstić information content (AvgIpc) is 3.26. The second kappa shape index (κ2) is 10.5. The lowest BCUT2D eigenvalue weighted by Crippen LogP contribution is -2.05. The minimum atomic E-state index is 0.479. The molecule has 33 heavy (non-hydrogen) atoms. The summed E-state index contributed by atoms with van der Waals surface area (Å²) in [5.41, 5.74) is 2.83. The molecule has 0 aliphatic heterocycles. The number of fused-ring (bicyclic) bond motifs is 1. The third-order valence-electron chi connectivity index (χ3n) is 5.03. The summed E-state index contributed by atoms with van der Waals surface area (Å²) >= 11 is 1.41. The van der Waals surface area contributed by atoms with Crippen LogP contribution in [0.4, 0.5) is 5.82 Å². The highest BCUT2D eigenvalue weighted by atomic mass is 32.2. The van der Waals surface area contributed by atoms with Crippen LogP contribution in [0.2, 0.25) is 0 Å². The van der Waals surface area contributed by atoms with Crippen LogP contribution in [0, 0.1) is 0 Å². The summed E-state index contributed by atoms with van der Waals surface area (Å²) in [5.74, 6) is 2.94. The quantitative estimate of drug-likeness (QED) is 0.297. The minimum Gasteiger partial charge on any atom is -0.496 e. The second-order valence-corrected chi connectivity index (χ2v) is 8.06. The van der Waals surface area contributed by atoms with E-state index in [4.69, 9.17) is 18.7 Å². The van der Waals surface area contributed by atoms with Gasteiger partial charge < -0.3 is 28.8 Å². The van der Waals surface area contributed by atoms with Crippen LogP contribution in [-0.4, -0.2) is 31.4 Å². The van der Waals surface area contributed by atoms with Gasteiger partial charge in [-0.2, -0.15) is 0 Å². The summed E-state index contributed by atoms with van der Waals surface area (Å²) in [7, 11) is 5.15. The Bertz CT molecular complexity index is 1230. The molecule has 4 aromatic rings. The molecule has 9 heteroatoms. The van der Waals surface area contributed by atoms with Crippen molar-refractivity contribution in [3.63, 3.8) is 0 Å². The molecule has 2 N–H and O–H groups in total. The van der Waals surface area contributed by atoms with E-state index in [1.807, 2.05) is 25.2 Å². The normalized spacial score (nSPS) is 10.9. The SMILES string of the molecule is CCc1ccc(OC)c(SNc2noc3cc(Oc4ccc(CNC)cn4)cc(OC)c23)c1. The first-order valence-electron chi connectivity index (χ1n) is 10.5. The summed E-state index contributed by atoms with van der Waals surface area (Å²) in [4.78, 5) is 5.31. The number of aryl methyl sites for hydroxylation is 1. The number of hydrogen-bond acceptors (Lipinski definition) is 9. The number of anilines is 1. The van der Waals surface area contributed by atoms with Gasteiger partial charge in [-0.1, -0.05) is 24.2 Å². The molecular weight excluding hydrogens is 440 g/mol. The third kappa shape index (κ3) is 5.15. The molecule has 0 saturated carbocycles. The molecule has 0 spiro atoms. The maximum atomic E-state index is 5.92. The molecule has 0 unspecified atom stereocenters. The highest BCUT2D eigenvalue weighted by molar-refractivity contribution is 8.00. The largest absolute Gasteiger partial charge is 0.496 e. The Balaban J connectivity index is 1.57. The highest BCUT2D eigenvalue weighted by Crippen LogP contribution is 2.39. The predicted octanol–water partition coefficient (Wildman–Crippen LogP) is 5.43. The smallest absolute Gasteiger partial charge is 0.219 e. The van der Waals surface area contributed by atoms with Crippen molar-refractivity contribution in [3.8, 4) is 23.1 Å². The fraction of sp³-hybridized carbons (Fsp3) is 0.250. The molecular formula is C24H26N4O4S. The number of ether oxygens (including phenoxy) is 3. The van der Waals surface area contributed by atoms with Gasteiger partial charge in [-0.05, 0) is 48.7 Å². The molecule has 0 fully saturated rings. The topological polar surface area (TPSA) is 90.7 Å². The second-order valence-electron chi connectivity index (χ2n) is 7.21. The van der Waals surface area contributed by atoms with E-state index in [0.29, 0.717) is 28.8 Å². The van der Waals surface area contributed by atoms with E-state index in [9.17, 15) is 0 Å². The van der Waals surface area contributed by atoms with Gasteiger partial charge in [0.2, 0.25) is 5.88 Å². The molecule has 4 rings (SSSR count). The van der Waals surface area contributed by atoms with Crippen molar-refractivity contribution in [2.45, 2.75) is 24.8 Å². The van der Waals surface area contributed by atoms with E-state index in [1.165, 1.54) is 17.5 Å². The molecule has 0 aliphatic carbocycles. The van der Waals surface area contributed by atoms with Gasteiger partial charge >= 0.3 is 0 Å². The van der Waals surface area contributed by atoms with Gasteiger partial charge in [0.05, 0.1) is 19.1 Å². The van der Waals surface area contributed by atoms with Crippen LogP contribution in [-0.2, 0) is 13.0 Å². The summed E-state index contributed by atoms with van der Waals surface area (Å²) in [6.45, 7) is 2.86. The predicted molar refractivity (Wildman–Crippen MR) is 129 cm³/mol. The van der Waals surface area contributed by atoms with E-state index in [2.05, 4.69) is 39.2 Å². The van der Waals surface area contributed by atoms with Crippen LogP contribution in [0.15, 0.2) is 58.1 Å². The number of rotatable bonds is 10. The number of pyridine rings is 1. The van der Waals surface area contributed by atoms with E-state index in [0.717, 1.165) is 34.6 Å². The minimum absolute atomic E-state index is 0.479. The summed E-state index contributed by atoms with van der Waals surface area (Å²) in [6, 6.07) is 13.5. The molecule has 0 amide bonds. The van der Waals surface area contributed by atoms with Crippen LogP contribution in [0.3, 0.4) is 0 Å². The number of methoxy groups -OCH3 is 2. The van der Waals surface area contributed by atoms with E-state index in [-0.39, 0.29) is 0 Å². The van der Waals surface area contributed by atoms with E-state index in [1.54, 1.807) is 32.5 Å². The number of aromatic nitrogens is 2. The maximum Gasteiger partial charge on any atom is 0.219 e. The lowest BCUT2D eigenvalue weighted by atomic mass is 10.2. The number of benzene rings is 2. The van der Waals surface area contributed by atoms with Crippen LogP contribution in [0.25, 0.3) is 11.0 Å². The molecule has 2 heterocycles. The van der Waals surface area contributed by atoms with Crippen molar-refractivity contribution in [2.24, 2.45) is 0 Å². The molecule has 0 atom stereocenters. The van der Waals surface area contributed by atoms with Crippen molar-refractivity contribution < 1.29 is 18.7 Å².